The van der Waals surface area contributed by atoms with Crippen molar-refractivity contribution in [3.05, 3.63) is 41.6 Å². The SMILES string of the molecule is Cc1ccc(-c2[nH]ncc2CN2C[C@@H](CO)[C@H](NC(=O)C3CC3)C2)cc1. The molecule has 2 aliphatic rings. The van der Waals surface area contributed by atoms with Gasteiger partial charge in [-0.25, -0.2) is 0 Å². The van der Waals surface area contributed by atoms with Gasteiger partial charge in [0.2, 0.25) is 5.91 Å². The van der Waals surface area contributed by atoms with Gasteiger partial charge in [-0.2, -0.15) is 5.10 Å². The molecule has 2 fully saturated rings. The highest BCUT2D eigenvalue weighted by molar-refractivity contribution is 5.81. The zero-order valence-electron chi connectivity index (χ0n) is 15.1. The Bertz CT molecular complexity index is 766. The summed E-state index contributed by atoms with van der Waals surface area (Å²) in [5, 5.41) is 20.2. The lowest BCUT2D eigenvalue weighted by Gasteiger charge is -2.18. The molecule has 2 aromatic rings. The molecule has 4 rings (SSSR count). The van der Waals surface area contributed by atoms with Crippen LogP contribution < -0.4 is 5.32 Å². The second kappa shape index (κ2) is 7.21. The van der Waals surface area contributed by atoms with Crippen LogP contribution in [0.4, 0.5) is 0 Å². The summed E-state index contributed by atoms with van der Waals surface area (Å²) in [4.78, 5) is 14.4. The molecule has 1 aliphatic carbocycles. The molecule has 1 amide bonds. The van der Waals surface area contributed by atoms with Gasteiger partial charge in [0.1, 0.15) is 0 Å². The number of nitrogens with one attached hydrogen (secondary N) is 2. The fraction of sp³-hybridized carbons (Fsp3) is 0.500. The highest BCUT2D eigenvalue weighted by Crippen LogP contribution is 2.30. The van der Waals surface area contributed by atoms with E-state index in [0.29, 0.717) is 0 Å². The maximum absolute atomic E-state index is 12.1. The fourth-order valence-corrected chi connectivity index (χ4v) is 3.73. The van der Waals surface area contributed by atoms with Crippen molar-refractivity contribution in [1.29, 1.82) is 0 Å². The number of aryl methyl sites for hydroxylation is 1. The number of nitrogens with zero attached hydrogens (tertiary/aromatic N) is 2. The van der Waals surface area contributed by atoms with E-state index in [1.807, 2.05) is 6.20 Å². The van der Waals surface area contributed by atoms with Crippen LogP contribution in [-0.4, -0.2) is 51.8 Å². The average molecular weight is 354 g/mol. The van der Waals surface area contributed by atoms with E-state index in [2.05, 4.69) is 51.6 Å². The molecule has 2 atom stereocenters. The summed E-state index contributed by atoms with van der Waals surface area (Å²) in [5.74, 6) is 0.441. The van der Waals surface area contributed by atoms with Crippen molar-refractivity contribution in [3.8, 4) is 11.3 Å². The molecule has 0 radical (unpaired) electrons. The van der Waals surface area contributed by atoms with E-state index in [9.17, 15) is 9.90 Å². The van der Waals surface area contributed by atoms with Crippen molar-refractivity contribution in [2.45, 2.75) is 32.4 Å². The molecule has 6 nitrogen and oxygen atoms in total. The number of H-pyrrole nitrogens is 1. The molecule has 1 aliphatic heterocycles. The third-order valence-corrected chi connectivity index (χ3v) is 5.48. The van der Waals surface area contributed by atoms with Crippen LogP contribution in [-0.2, 0) is 11.3 Å². The largest absolute Gasteiger partial charge is 0.396 e. The Balaban J connectivity index is 1.44. The molecule has 1 saturated carbocycles. The van der Waals surface area contributed by atoms with Crippen molar-refractivity contribution in [2.75, 3.05) is 19.7 Å². The average Bonchev–Trinajstić information content (AvgIpc) is 3.29. The van der Waals surface area contributed by atoms with Crippen molar-refractivity contribution >= 4 is 5.91 Å². The Labute approximate surface area is 153 Å². The van der Waals surface area contributed by atoms with Gasteiger partial charge in [0.15, 0.2) is 0 Å². The summed E-state index contributed by atoms with van der Waals surface area (Å²) >= 11 is 0. The molecule has 138 valence electrons. The minimum absolute atomic E-state index is 0.0304. The van der Waals surface area contributed by atoms with Crippen molar-refractivity contribution < 1.29 is 9.90 Å². The van der Waals surface area contributed by atoms with Crippen molar-refractivity contribution in [3.63, 3.8) is 0 Å². The number of rotatable bonds is 6. The molecule has 1 aromatic heterocycles. The second-order valence-electron chi connectivity index (χ2n) is 7.66. The maximum atomic E-state index is 12.1. The first kappa shape index (κ1) is 17.2. The number of aliphatic hydroxyl groups excluding tert-OH is 1. The molecule has 0 bridgehead atoms. The van der Waals surface area contributed by atoms with E-state index >= 15 is 0 Å². The smallest absolute Gasteiger partial charge is 0.223 e. The molecule has 1 aromatic carbocycles. The lowest BCUT2D eigenvalue weighted by atomic mass is 10.1. The Hall–Kier alpha value is -2.18. The zero-order valence-corrected chi connectivity index (χ0v) is 15.1. The van der Waals surface area contributed by atoms with E-state index in [1.165, 1.54) is 5.56 Å². The molecule has 2 heterocycles. The second-order valence-corrected chi connectivity index (χ2v) is 7.66. The van der Waals surface area contributed by atoms with E-state index in [1.54, 1.807) is 0 Å². The Morgan fingerprint density at radius 3 is 2.77 bits per heavy atom. The van der Waals surface area contributed by atoms with E-state index in [-0.39, 0.29) is 30.4 Å². The van der Waals surface area contributed by atoms with Crippen LogP contribution >= 0.6 is 0 Å². The lowest BCUT2D eigenvalue weighted by molar-refractivity contribution is -0.123. The van der Waals surface area contributed by atoms with Gasteiger partial charge in [0.05, 0.1) is 11.9 Å². The quantitative estimate of drug-likeness (QED) is 0.738. The van der Waals surface area contributed by atoms with Crippen molar-refractivity contribution in [2.24, 2.45) is 11.8 Å². The van der Waals surface area contributed by atoms with Gasteiger partial charge in [0, 0.05) is 49.7 Å². The van der Waals surface area contributed by atoms with E-state index < -0.39 is 0 Å². The summed E-state index contributed by atoms with van der Waals surface area (Å²) < 4.78 is 0. The summed E-state index contributed by atoms with van der Waals surface area (Å²) in [6.45, 7) is 4.48. The molecule has 0 unspecified atom stereocenters. The zero-order chi connectivity index (χ0) is 18.1. The van der Waals surface area contributed by atoms with Gasteiger partial charge in [-0.1, -0.05) is 29.8 Å². The number of aliphatic hydroxyl groups is 1. The number of aromatic amines is 1. The van der Waals surface area contributed by atoms with Crippen LogP contribution in [0.15, 0.2) is 30.5 Å². The molecule has 26 heavy (non-hydrogen) atoms. The fourth-order valence-electron chi connectivity index (χ4n) is 3.73. The topological polar surface area (TPSA) is 81.2 Å². The number of carbonyl (C=O) groups excluding carboxylic acids is 1. The predicted molar refractivity (Wildman–Crippen MR) is 99.3 cm³/mol. The number of benzene rings is 1. The third-order valence-electron chi connectivity index (χ3n) is 5.48. The number of aromatic nitrogens is 2. The molecular weight excluding hydrogens is 328 g/mol. The van der Waals surface area contributed by atoms with Gasteiger partial charge in [-0.15, -0.1) is 0 Å². The first-order valence-corrected chi connectivity index (χ1v) is 9.37. The minimum atomic E-state index is 0.0304. The first-order valence-electron chi connectivity index (χ1n) is 9.37. The Morgan fingerprint density at radius 2 is 2.08 bits per heavy atom. The monoisotopic (exact) mass is 354 g/mol. The van der Waals surface area contributed by atoms with Crippen molar-refractivity contribution in [1.82, 2.24) is 20.4 Å². The molecular formula is C20H26N4O2. The molecule has 0 spiro atoms. The highest BCUT2D eigenvalue weighted by Gasteiger charge is 2.37. The van der Waals surface area contributed by atoms with Gasteiger partial charge >= 0.3 is 0 Å². The molecule has 1 saturated heterocycles. The van der Waals surface area contributed by atoms with Crippen LogP contribution in [0.3, 0.4) is 0 Å². The molecule has 3 N–H and O–H groups in total. The number of likely N-dealkylation sites (tertiary alicyclic amines) is 1. The Morgan fingerprint density at radius 1 is 1.31 bits per heavy atom. The predicted octanol–water partition coefficient (Wildman–Crippen LogP) is 1.70. The minimum Gasteiger partial charge on any atom is -0.396 e. The van der Waals surface area contributed by atoms with E-state index in [0.717, 1.165) is 49.3 Å². The highest BCUT2D eigenvalue weighted by atomic mass is 16.3. The number of carbonyl (C=O) groups is 1. The van der Waals surface area contributed by atoms with Crippen LogP contribution in [0, 0.1) is 18.8 Å². The Kier molecular flexibility index (Phi) is 4.78. The van der Waals surface area contributed by atoms with Gasteiger partial charge in [-0.05, 0) is 25.3 Å². The van der Waals surface area contributed by atoms with Crippen LogP contribution in [0.25, 0.3) is 11.3 Å². The standard InChI is InChI=1S/C20H26N4O2/c1-13-2-4-14(5-3-13)19-16(8-21-23-19)9-24-10-17(12-25)18(11-24)22-20(26)15-6-7-15/h2-5,8,15,17-18,25H,6-7,9-12H2,1H3,(H,21,23)(H,22,26)/t17-,18+/m0/s1. The van der Waals surface area contributed by atoms with Gasteiger partial charge in [-0.3, -0.25) is 14.8 Å². The normalized spacial score (nSPS) is 23.3. The van der Waals surface area contributed by atoms with Crippen LogP contribution in [0.5, 0.6) is 0 Å². The van der Waals surface area contributed by atoms with E-state index in [4.69, 9.17) is 0 Å². The number of hydrogen-bond donors (Lipinski definition) is 3. The summed E-state index contributed by atoms with van der Waals surface area (Å²) in [6, 6.07) is 8.43. The van der Waals surface area contributed by atoms with Gasteiger partial charge < -0.3 is 10.4 Å². The third kappa shape index (κ3) is 3.66. The van der Waals surface area contributed by atoms with Gasteiger partial charge in [0.25, 0.3) is 0 Å². The summed E-state index contributed by atoms with van der Waals surface area (Å²) in [6.07, 6.45) is 3.88. The lowest BCUT2D eigenvalue weighted by Crippen LogP contribution is -2.42. The number of hydrogen-bond acceptors (Lipinski definition) is 4. The van der Waals surface area contributed by atoms with Crippen LogP contribution in [0.2, 0.25) is 0 Å². The molecule has 6 heteroatoms. The maximum Gasteiger partial charge on any atom is 0.223 e. The first-order chi connectivity index (χ1) is 12.6. The summed E-state index contributed by atoms with van der Waals surface area (Å²) in [7, 11) is 0. The number of amides is 1. The summed E-state index contributed by atoms with van der Waals surface area (Å²) in [5.41, 5.74) is 4.53. The van der Waals surface area contributed by atoms with Crippen LogP contribution in [0.1, 0.15) is 24.0 Å².